The molecule has 1 rings (SSSR count). The summed E-state index contributed by atoms with van der Waals surface area (Å²) in [6.45, 7) is 2.01. The smallest absolute Gasteiger partial charge is 0.320 e. The van der Waals surface area contributed by atoms with Crippen LogP contribution in [0.2, 0.25) is 0 Å². The first-order valence-electron chi connectivity index (χ1n) is 3.95. The van der Waals surface area contributed by atoms with Crippen molar-refractivity contribution >= 4 is 17.8 Å². The van der Waals surface area contributed by atoms with Crippen LogP contribution in [0.4, 0.5) is 4.79 Å². The van der Waals surface area contributed by atoms with Crippen LogP contribution in [-0.2, 0) is 9.53 Å². The standard InChI is InChI=1S/C7H11N3O3/c1-2-13-5(11)3-4-6(8)10-7(12)9-4/h4H,2-3H2,1H3,(H3,8,9,10,12). The first-order chi connectivity index (χ1) is 6.13. The highest BCUT2D eigenvalue weighted by molar-refractivity contribution is 6.06. The Morgan fingerprint density at radius 3 is 2.85 bits per heavy atom. The van der Waals surface area contributed by atoms with Gasteiger partial charge in [-0.3, -0.25) is 15.5 Å². The van der Waals surface area contributed by atoms with Crippen molar-refractivity contribution in [2.45, 2.75) is 19.4 Å². The molecule has 0 aromatic carbocycles. The summed E-state index contributed by atoms with van der Waals surface area (Å²) in [7, 11) is 0. The fraction of sp³-hybridized carbons (Fsp3) is 0.571. The average Bonchev–Trinajstić information content (AvgIpc) is 2.30. The number of nitrogens with one attached hydrogen (secondary N) is 3. The van der Waals surface area contributed by atoms with E-state index in [4.69, 9.17) is 5.41 Å². The minimum absolute atomic E-state index is 0.00537. The van der Waals surface area contributed by atoms with Gasteiger partial charge in [-0.05, 0) is 6.92 Å². The zero-order valence-corrected chi connectivity index (χ0v) is 7.22. The molecule has 0 aliphatic carbocycles. The van der Waals surface area contributed by atoms with Gasteiger partial charge in [-0.1, -0.05) is 0 Å². The van der Waals surface area contributed by atoms with Crippen molar-refractivity contribution in [3.63, 3.8) is 0 Å². The molecule has 1 heterocycles. The van der Waals surface area contributed by atoms with Crippen molar-refractivity contribution in [1.29, 1.82) is 5.41 Å². The zero-order chi connectivity index (χ0) is 9.84. The molecule has 72 valence electrons. The van der Waals surface area contributed by atoms with E-state index < -0.39 is 18.0 Å². The predicted octanol–water partition coefficient (Wildman–Crippen LogP) is -0.402. The summed E-state index contributed by atoms with van der Waals surface area (Å²) < 4.78 is 4.67. The van der Waals surface area contributed by atoms with Gasteiger partial charge in [0.25, 0.3) is 0 Å². The van der Waals surface area contributed by atoms with Crippen LogP contribution in [0.25, 0.3) is 0 Å². The van der Waals surface area contributed by atoms with Crippen LogP contribution in [0.1, 0.15) is 13.3 Å². The van der Waals surface area contributed by atoms with Crippen molar-refractivity contribution in [2.75, 3.05) is 6.61 Å². The number of hydrogen-bond acceptors (Lipinski definition) is 4. The number of carbonyl (C=O) groups excluding carboxylic acids is 2. The molecule has 3 N–H and O–H groups in total. The van der Waals surface area contributed by atoms with Crippen LogP contribution in [0.5, 0.6) is 0 Å². The highest BCUT2D eigenvalue weighted by atomic mass is 16.5. The van der Waals surface area contributed by atoms with Crippen molar-refractivity contribution in [2.24, 2.45) is 0 Å². The lowest BCUT2D eigenvalue weighted by Gasteiger charge is -2.07. The third kappa shape index (κ3) is 2.43. The lowest BCUT2D eigenvalue weighted by atomic mass is 10.2. The second kappa shape index (κ2) is 3.88. The minimum Gasteiger partial charge on any atom is -0.466 e. The van der Waals surface area contributed by atoms with Crippen molar-refractivity contribution < 1.29 is 14.3 Å². The molecule has 0 radical (unpaired) electrons. The van der Waals surface area contributed by atoms with E-state index in [1.165, 1.54) is 0 Å². The summed E-state index contributed by atoms with van der Waals surface area (Å²) in [5, 5.41) is 11.9. The van der Waals surface area contributed by atoms with Gasteiger partial charge in [0.1, 0.15) is 5.84 Å². The van der Waals surface area contributed by atoms with E-state index in [1.54, 1.807) is 6.92 Å². The number of carbonyl (C=O) groups is 2. The Hall–Kier alpha value is -1.59. The summed E-state index contributed by atoms with van der Waals surface area (Å²) in [6, 6.07) is -1.01. The van der Waals surface area contributed by atoms with E-state index in [9.17, 15) is 9.59 Å². The minimum atomic E-state index is -0.563. The summed E-state index contributed by atoms with van der Waals surface area (Å²) >= 11 is 0. The summed E-state index contributed by atoms with van der Waals surface area (Å²) in [5.41, 5.74) is 0. The van der Waals surface area contributed by atoms with Crippen LogP contribution in [0, 0.1) is 5.41 Å². The number of urea groups is 1. The van der Waals surface area contributed by atoms with E-state index in [2.05, 4.69) is 15.4 Å². The number of rotatable bonds is 3. The molecule has 1 saturated heterocycles. The average molecular weight is 185 g/mol. The highest BCUT2D eigenvalue weighted by Crippen LogP contribution is 2.00. The first kappa shape index (κ1) is 9.50. The molecule has 1 atom stereocenters. The molecule has 6 nitrogen and oxygen atoms in total. The number of amidine groups is 1. The zero-order valence-electron chi connectivity index (χ0n) is 7.22. The van der Waals surface area contributed by atoms with Gasteiger partial charge in [0.2, 0.25) is 0 Å². The fourth-order valence-corrected chi connectivity index (χ4v) is 1.02. The maximum absolute atomic E-state index is 11.0. The lowest BCUT2D eigenvalue weighted by Crippen LogP contribution is -2.31. The largest absolute Gasteiger partial charge is 0.466 e. The van der Waals surface area contributed by atoms with Crippen LogP contribution in [-0.4, -0.2) is 30.5 Å². The van der Waals surface area contributed by atoms with Gasteiger partial charge in [0.15, 0.2) is 0 Å². The predicted molar refractivity (Wildman–Crippen MR) is 44.4 cm³/mol. The molecule has 1 aliphatic rings. The quantitative estimate of drug-likeness (QED) is 0.522. The van der Waals surface area contributed by atoms with Crippen molar-refractivity contribution in [3.8, 4) is 0 Å². The molecule has 0 saturated carbocycles. The first-order valence-corrected chi connectivity index (χ1v) is 3.95. The Morgan fingerprint density at radius 2 is 2.38 bits per heavy atom. The Labute approximate surface area is 75.1 Å². The molecule has 13 heavy (non-hydrogen) atoms. The Kier molecular flexibility index (Phi) is 2.84. The van der Waals surface area contributed by atoms with Gasteiger partial charge in [-0.25, -0.2) is 4.79 Å². The van der Waals surface area contributed by atoms with E-state index in [1.807, 2.05) is 0 Å². The topological polar surface area (TPSA) is 91.3 Å². The van der Waals surface area contributed by atoms with Crippen LogP contribution in [0.15, 0.2) is 0 Å². The van der Waals surface area contributed by atoms with Crippen LogP contribution >= 0.6 is 0 Å². The number of hydrogen-bond donors (Lipinski definition) is 3. The molecule has 0 aromatic rings. The van der Waals surface area contributed by atoms with Gasteiger partial charge in [0, 0.05) is 0 Å². The van der Waals surface area contributed by atoms with Crippen LogP contribution in [0.3, 0.4) is 0 Å². The highest BCUT2D eigenvalue weighted by Gasteiger charge is 2.28. The van der Waals surface area contributed by atoms with Crippen molar-refractivity contribution in [1.82, 2.24) is 10.6 Å². The maximum Gasteiger partial charge on any atom is 0.320 e. The van der Waals surface area contributed by atoms with E-state index >= 15 is 0 Å². The second-order valence-electron chi connectivity index (χ2n) is 2.57. The molecule has 0 bridgehead atoms. The van der Waals surface area contributed by atoms with Gasteiger partial charge in [-0.2, -0.15) is 0 Å². The van der Waals surface area contributed by atoms with Gasteiger partial charge in [-0.15, -0.1) is 0 Å². The van der Waals surface area contributed by atoms with Crippen molar-refractivity contribution in [3.05, 3.63) is 0 Å². The number of amides is 2. The van der Waals surface area contributed by atoms with E-state index in [-0.39, 0.29) is 12.3 Å². The summed E-state index contributed by atoms with van der Waals surface area (Å²) in [5.74, 6) is -0.403. The molecule has 1 fully saturated rings. The molecular weight excluding hydrogens is 174 g/mol. The monoisotopic (exact) mass is 185 g/mol. The van der Waals surface area contributed by atoms with Gasteiger partial charge < -0.3 is 10.1 Å². The normalized spacial score (nSPS) is 20.8. The molecule has 6 heteroatoms. The SMILES string of the molecule is CCOC(=O)CC1NC(=O)NC1=N. The van der Waals surface area contributed by atoms with Gasteiger partial charge >= 0.3 is 12.0 Å². The third-order valence-electron chi connectivity index (χ3n) is 1.58. The Morgan fingerprint density at radius 1 is 1.69 bits per heavy atom. The van der Waals surface area contributed by atoms with E-state index in [0.29, 0.717) is 6.61 Å². The fourth-order valence-electron chi connectivity index (χ4n) is 1.02. The summed E-state index contributed by atoms with van der Waals surface area (Å²) in [6.07, 6.45) is 0.00537. The lowest BCUT2D eigenvalue weighted by molar-refractivity contribution is -0.143. The maximum atomic E-state index is 11.0. The molecular formula is C7H11N3O3. The Balaban J connectivity index is 2.41. The number of esters is 1. The second-order valence-corrected chi connectivity index (χ2v) is 2.57. The Bertz CT molecular complexity index is 251. The molecule has 1 unspecified atom stereocenters. The molecule has 1 aliphatic heterocycles. The van der Waals surface area contributed by atoms with Crippen LogP contribution < -0.4 is 10.6 Å². The van der Waals surface area contributed by atoms with Gasteiger partial charge in [0.05, 0.1) is 19.1 Å². The number of ether oxygens (including phenoxy) is 1. The summed E-state index contributed by atoms with van der Waals surface area (Å²) in [4.78, 5) is 21.6. The molecule has 0 spiro atoms. The third-order valence-corrected chi connectivity index (χ3v) is 1.58. The molecule has 2 amide bonds. The van der Waals surface area contributed by atoms with E-state index in [0.717, 1.165) is 0 Å². The molecule has 0 aromatic heterocycles.